The number of amides is 2. The van der Waals surface area contributed by atoms with Gasteiger partial charge in [0, 0.05) is 24.7 Å². The second-order valence-electron chi connectivity index (χ2n) is 7.36. The van der Waals surface area contributed by atoms with Gasteiger partial charge in [0.1, 0.15) is 5.82 Å². The van der Waals surface area contributed by atoms with Gasteiger partial charge in [0.25, 0.3) is 0 Å². The Morgan fingerprint density at radius 2 is 1.93 bits per heavy atom. The van der Waals surface area contributed by atoms with E-state index in [4.69, 9.17) is 0 Å². The van der Waals surface area contributed by atoms with Gasteiger partial charge in [-0.1, -0.05) is 46.0 Å². The summed E-state index contributed by atoms with van der Waals surface area (Å²) in [6.07, 6.45) is 1.77. The summed E-state index contributed by atoms with van der Waals surface area (Å²) in [6, 6.07) is 1.64. The molecule has 2 amide bonds. The molecule has 0 aliphatic rings. The van der Waals surface area contributed by atoms with E-state index in [1.807, 2.05) is 13.0 Å². The number of likely N-dealkylation sites (N-methyl/N-ethyl adjacent to an activating group) is 1. The summed E-state index contributed by atoms with van der Waals surface area (Å²) in [5.74, 6) is 0.788. The van der Waals surface area contributed by atoms with Gasteiger partial charge in [-0.2, -0.15) is 0 Å². The molecule has 2 N–H and O–H groups in total. The summed E-state index contributed by atoms with van der Waals surface area (Å²) < 4.78 is 0. The number of aryl methyl sites for hydroxylation is 1. The predicted octanol–water partition coefficient (Wildman–Crippen LogP) is 3.67. The van der Waals surface area contributed by atoms with Gasteiger partial charge in [-0.25, -0.2) is 19.7 Å². The fraction of sp³-hybridized carbons (Fsp3) is 0.579. The minimum Gasteiger partial charge on any atom is -0.337 e. The van der Waals surface area contributed by atoms with Crippen molar-refractivity contribution in [2.24, 2.45) is 0 Å². The first-order valence-electron chi connectivity index (χ1n) is 9.33. The Labute approximate surface area is 165 Å². The average molecular weight is 391 g/mol. The third kappa shape index (κ3) is 5.97. The molecule has 148 valence electrons. The molecule has 0 saturated heterocycles. The van der Waals surface area contributed by atoms with Crippen LogP contribution in [-0.2, 0) is 5.41 Å². The van der Waals surface area contributed by atoms with E-state index in [9.17, 15) is 4.79 Å². The zero-order valence-electron chi connectivity index (χ0n) is 17.1. The van der Waals surface area contributed by atoms with Crippen LogP contribution in [0.5, 0.6) is 0 Å². The van der Waals surface area contributed by atoms with E-state index < -0.39 is 0 Å². The van der Waals surface area contributed by atoms with Crippen molar-refractivity contribution in [2.75, 3.05) is 31.5 Å². The van der Waals surface area contributed by atoms with Crippen LogP contribution >= 0.6 is 11.3 Å². The summed E-state index contributed by atoms with van der Waals surface area (Å²) in [7, 11) is 0. The Kier molecular flexibility index (Phi) is 7.26. The smallest absolute Gasteiger partial charge is 0.321 e. The maximum atomic E-state index is 12.1. The SMILES string of the molecule is CCN(CC)CCNC(=O)Nc1nc(C)c(-c2ccnc(C(C)(C)C)n2)s1. The van der Waals surface area contributed by atoms with Crippen LogP contribution in [-0.4, -0.2) is 52.1 Å². The number of carbonyl (C=O) groups excluding carboxylic acids is 1. The van der Waals surface area contributed by atoms with Gasteiger partial charge < -0.3 is 10.2 Å². The second-order valence-corrected chi connectivity index (χ2v) is 8.36. The van der Waals surface area contributed by atoms with Crippen LogP contribution < -0.4 is 10.6 Å². The van der Waals surface area contributed by atoms with Gasteiger partial charge in [0.15, 0.2) is 5.13 Å². The first-order chi connectivity index (χ1) is 12.7. The van der Waals surface area contributed by atoms with E-state index in [1.165, 1.54) is 11.3 Å². The number of aromatic nitrogens is 3. The number of carbonyl (C=O) groups is 1. The molecule has 0 fully saturated rings. The Balaban J connectivity index is 2.03. The van der Waals surface area contributed by atoms with E-state index >= 15 is 0 Å². The third-order valence-electron chi connectivity index (χ3n) is 4.18. The van der Waals surface area contributed by atoms with Crippen molar-refractivity contribution in [3.05, 3.63) is 23.8 Å². The number of hydrogen-bond acceptors (Lipinski definition) is 6. The lowest BCUT2D eigenvalue weighted by Gasteiger charge is -2.17. The first kappa shape index (κ1) is 21.2. The molecule has 0 unspecified atom stereocenters. The summed E-state index contributed by atoms with van der Waals surface area (Å²) in [5, 5.41) is 6.27. The number of nitrogens with one attached hydrogen (secondary N) is 2. The lowest BCUT2D eigenvalue weighted by Crippen LogP contribution is -2.36. The predicted molar refractivity (Wildman–Crippen MR) is 111 cm³/mol. The molecule has 0 aliphatic heterocycles. The van der Waals surface area contributed by atoms with Crippen LogP contribution in [0.3, 0.4) is 0 Å². The Bertz CT molecular complexity index is 764. The minimum absolute atomic E-state index is 0.125. The third-order valence-corrected chi connectivity index (χ3v) is 5.28. The molecular weight excluding hydrogens is 360 g/mol. The number of urea groups is 1. The van der Waals surface area contributed by atoms with Crippen molar-refractivity contribution in [3.63, 3.8) is 0 Å². The highest BCUT2D eigenvalue weighted by molar-refractivity contribution is 7.19. The van der Waals surface area contributed by atoms with Gasteiger partial charge >= 0.3 is 6.03 Å². The normalized spacial score (nSPS) is 11.7. The quantitative estimate of drug-likeness (QED) is 0.754. The summed E-state index contributed by atoms with van der Waals surface area (Å²) in [4.78, 5) is 28.8. The second kappa shape index (κ2) is 9.23. The summed E-state index contributed by atoms with van der Waals surface area (Å²) >= 11 is 1.43. The summed E-state index contributed by atoms with van der Waals surface area (Å²) in [5.41, 5.74) is 1.55. The van der Waals surface area contributed by atoms with E-state index in [-0.39, 0.29) is 11.4 Å². The molecule has 0 spiro atoms. The fourth-order valence-corrected chi connectivity index (χ4v) is 3.47. The molecule has 2 aromatic heterocycles. The minimum atomic E-state index is -0.236. The molecule has 2 rings (SSSR count). The van der Waals surface area contributed by atoms with Crippen molar-refractivity contribution in [1.29, 1.82) is 0 Å². The van der Waals surface area contributed by atoms with Gasteiger partial charge in [0.05, 0.1) is 16.3 Å². The van der Waals surface area contributed by atoms with Crippen LogP contribution in [0.25, 0.3) is 10.6 Å². The number of rotatable bonds is 7. The lowest BCUT2D eigenvalue weighted by atomic mass is 9.95. The van der Waals surface area contributed by atoms with Crippen LogP contribution in [0.1, 0.15) is 46.1 Å². The maximum absolute atomic E-state index is 12.1. The zero-order chi connectivity index (χ0) is 20.0. The molecular formula is C19H30N6OS. The van der Waals surface area contributed by atoms with E-state index in [0.717, 1.165) is 41.7 Å². The lowest BCUT2D eigenvalue weighted by molar-refractivity contribution is 0.248. The number of nitrogens with zero attached hydrogens (tertiary/aromatic N) is 4. The highest BCUT2D eigenvalue weighted by atomic mass is 32.1. The van der Waals surface area contributed by atoms with Crippen LogP contribution in [0.2, 0.25) is 0 Å². The molecule has 8 heteroatoms. The molecule has 27 heavy (non-hydrogen) atoms. The van der Waals surface area contributed by atoms with Crippen LogP contribution in [0.15, 0.2) is 12.3 Å². The van der Waals surface area contributed by atoms with Crippen LogP contribution in [0.4, 0.5) is 9.93 Å². The van der Waals surface area contributed by atoms with E-state index in [1.54, 1.807) is 6.20 Å². The molecule has 0 radical (unpaired) electrons. The molecule has 0 aliphatic carbocycles. The molecule has 0 atom stereocenters. The van der Waals surface area contributed by atoms with Crippen molar-refractivity contribution in [2.45, 2.75) is 47.0 Å². The molecule has 0 bridgehead atoms. The van der Waals surface area contributed by atoms with Crippen molar-refractivity contribution in [1.82, 2.24) is 25.2 Å². The van der Waals surface area contributed by atoms with Crippen molar-refractivity contribution < 1.29 is 4.79 Å². The topological polar surface area (TPSA) is 83.0 Å². The number of hydrogen-bond donors (Lipinski definition) is 2. The number of anilines is 1. The zero-order valence-corrected chi connectivity index (χ0v) is 17.9. The summed E-state index contributed by atoms with van der Waals surface area (Å²) in [6.45, 7) is 15.8. The van der Waals surface area contributed by atoms with E-state index in [2.05, 4.69) is 65.1 Å². The van der Waals surface area contributed by atoms with Crippen molar-refractivity contribution >= 4 is 22.5 Å². The maximum Gasteiger partial charge on any atom is 0.321 e. The Morgan fingerprint density at radius 3 is 2.56 bits per heavy atom. The number of thiazole rings is 1. The van der Waals surface area contributed by atoms with Crippen LogP contribution in [0, 0.1) is 6.92 Å². The van der Waals surface area contributed by atoms with Gasteiger partial charge in [-0.15, -0.1) is 0 Å². The Hall–Kier alpha value is -2.06. The Morgan fingerprint density at radius 1 is 1.22 bits per heavy atom. The first-order valence-corrected chi connectivity index (χ1v) is 10.1. The average Bonchev–Trinajstić information content (AvgIpc) is 2.98. The largest absolute Gasteiger partial charge is 0.337 e. The molecule has 7 nitrogen and oxygen atoms in total. The molecule has 0 aromatic carbocycles. The van der Waals surface area contributed by atoms with Gasteiger partial charge in [-0.05, 0) is 26.1 Å². The molecule has 2 aromatic rings. The monoisotopic (exact) mass is 390 g/mol. The molecule has 2 heterocycles. The van der Waals surface area contributed by atoms with Gasteiger partial charge in [-0.3, -0.25) is 5.32 Å². The standard InChI is InChI=1S/C19H30N6OS/c1-7-25(8-2)12-11-21-17(26)24-18-22-13(3)15(27-18)14-9-10-20-16(23-14)19(4,5)6/h9-10H,7-8,11-12H2,1-6H3,(H2,21,22,24,26). The van der Waals surface area contributed by atoms with E-state index in [0.29, 0.717) is 11.7 Å². The van der Waals surface area contributed by atoms with Crippen molar-refractivity contribution in [3.8, 4) is 10.6 Å². The van der Waals surface area contributed by atoms with Gasteiger partial charge in [0.2, 0.25) is 0 Å². The fourth-order valence-electron chi connectivity index (χ4n) is 2.54. The highest BCUT2D eigenvalue weighted by Gasteiger charge is 2.19. The highest BCUT2D eigenvalue weighted by Crippen LogP contribution is 2.32. The molecule has 0 saturated carbocycles.